The molecule has 0 aliphatic carbocycles. The van der Waals surface area contributed by atoms with Crippen LogP contribution in [-0.2, 0) is 14.0 Å². The normalized spacial score (nSPS) is 18.2. The Balaban J connectivity index is 2.10. The molecule has 1 aliphatic heterocycles. The van der Waals surface area contributed by atoms with Crippen molar-refractivity contribution in [3.63, 3.8) is 0 Å². The number of ether oxygens (including phenoxy) is 1. The Bertz CT molecular complexity index is 760. The van der Waals surface area contributed by atoms with Gasteiger partial charge in [-0.25, -0.2) is 9.78 Å². The number of nitrogens with zero attached hydrogens (tertiary/aromatic N) is 2. The monoisotopic (exact) mass is 422 g/mol. The third-order valence-electron chi connectivity index (χ3n) is 4.43. The van der Waals surface area contributed by atoms with Gasteiger partial charge >= 0.3 is 5.97 Å². The number of carbonyl (C=O) groups excluding carboxylic acids is 2. The van der Waals surface area contributed by atoms with Crippen molar-refractivity contribution in [1.82, 2.24) is 9.88 Å². The van der Waals surface area contributed by atoms with Crippen LogP contribution in [0.2, 0.25) is 13.1 Å². The number of aromatic nitrogens is 1. The summed E-state index contributed by atoms with van der Waals surface area (Å²) in [4.78, 5) is 30.2. The highest BCUT2D eigenvalue weighted by Gasteiger charge is 2.42. The van der Waals surface area contributed by atoms with Gasteiger partial charge in [0.05, 0.1) is 25.3 Å². The molecule has 6 nitrogen and oxygen atoms in total. The maximum Gasteiger partial charge on any atom is 0.357 e. The van der Waals surface area contributed by atoms with Gasteiger partial charge < -0.3 is 14.1 Å². The molecule has 1 aromatic rings. The summed E-state index contributed by atoms with van der Waals surface area (Å²) in [6.07, 6.45) is 1.34. The maximum atomic E-state index is 12.4. The van der Waals surface area contributed by atoms with Crippen LogP contribution in [-0.4, -0.2) is 56.1 Å². The second-order valence-electron chi connectivity index (χ2n) is 8.16. The van der Waals surface area contributed by atoms with Crippen molar-refractivity contribution in [2.75, 3.05) is 13.2 Å². The lowest BCUT2D eigenvalue weighted by Crippen LogP contribution is -2.49. The molecule has 1 saturated heterocycles. The average Bonchev–Trinajstić information content (AvgIpc) is 3.20. The van der Waals surface area contributed by atoms with Gasteiger partial charge in [0, 0.05) is 11.8 Å². The van der Waals surface area contributed by atoms with E-state index in [4.69, 9.17) is 9.16 Å². The van der Waals surface area contributed by atoms with E-state index in [2.05, 4.69) is 50.7 Å². The highest BCUT2D eigenvalue weighted by molar-refractivity contribution is 7.10. The van der Waals surface area contributed by atoms with Crippen molar-refractivity contribution in [3.05, 3.63) is 16.1 Å². The number of hydrogen-bond donors (Lipinski definition) is 0. The molecule has 2 unspecified atom stereocenters. The lowest BCUT2D eigenvalue weighted by Gasteiger charge is -2.40. The topological polar surface area (TPSA) is 68.7 Å². The molecule has 2 rings (SSSR count). The number of likely N-dealkylation sites (tertiary alicyclic amines) is 1. The molecule has 1 aliphatic rings. The Hall–Kier alpha value is -1.69. The van der Waals surface area contributed by atoms with Crippen LogP contribution in [0.4, 0.5) is 0 Å². The van der Waals surface area contributed by atoms with Crippen molar-refractivity contribution < 1.29 is 18.8 Å². The van der Waals surface area contributed by atoms with Gasteiger partial charge in [-0.3, -0.25) is 4.79 Å². The molecule has 1 aromatic heterocycles. The minimum atomic E-state index is -1.25. The largest absolute Gasteiger partial charge is 0.461 e. The Morgan fingerprint density at radius 3 is 2.79 bits per heavy atom. The van der Waals surface area contributed by atoms with Gasteiger partial charge in [0.25, 0.3) is 0 Å². The van der Waals surface area contributed by atoms with Crippen LogP contribution in [0.15, 0.2) is 5.38 Å². The van der Waals surface area contributed by atoms with Crippen molar-refractivity contribution in [2.24, 2.45) is 5.41 Å². The molecule has 28 heavy (non-hydrogen) atoms. The highest BCUT2D eigenvalue weighted by atomic mass is 32.1. The fraction of sp³-hybridized carbons (Fsp3) is 0.650. The SMILES string of the molecule is CCOC(=O)c1csc(C#CCN2C(=O)CCC2C(O[SiH](C)C)C(C)(C)C)n1. The number of amides is 1. The Kier molecular flexibility index (Phi) is 7.81. The van der Waals surface area contributed by atoms with Crippen molar-refractivity contribution in [1.29, 1.82) is 0 Å². The number of hydrogen-bond acceptors (Lipinski definition) is 6. The summed E-state index contributed by atoms with van der Waals surface area (Å²) < 4.78 is 11.3. The summed E-state index contributed by atoms with van der Waals surface area (Å²) >= 11 is 1.30. The summed E-state index contributed by atoms with van der Waals surface area (Å²) in [7, 11) is -1.25. The quantitative estimate of drug-likeness (QED) is 0.400. The van der Waals surface area contributed by atoms with E-state index < -0.39 is 15.0 Å². The van der Waals surface area contributed by atoms with E-state index in [-0.39, 0.29) is 29.2 Å². The zero-order valence-corrected chi connectivity index (χ0v) is 19.5. The Morgan fingerprint density at radius 2 is 2.18 bits per heavy atom. The molecule has 0 N–H and O–H groups in total. The Labute approximate surface area is 173 Å². The molecular weight excluding hydrogens is 392 g/mol. The minimum Gasteiger partial charge on any atom is -0.461 e. The third-order valence-corrected chi connectivity index (χ3v) is 6.03. The fourth-order valence-electron chi connectivity index (χ4n) is 3.27. The summed E-state index contributed by atoms with van der Waals surface area (Å²) in [5, 5.41) is 2.19. The van der Waals surface area contributed by atoms with Crippen LogP contribution in [0.5, 0.6) is 0 Å². The number of esters is 1. The van der Waals surface area contributed by atoms with Crippen LogP contribution in [0.25, 0.3) is 0 Å². The predicted octanol–water partition coefficient (Wildman–Crippen LogP) is 3.08. The molecule has 154 valence electrons. The average molecular weight is 423 g/mol. The smallest absolute Gasteiger partial charge is 0.357 e. The first-order valence-corrected chi connectivity index (χ1v) is 13.4. The maximum absolute atomic E-state index is 12.4. The van der Waals surface area contributed by atoms with E-state index in [1.165, 1.54) is 11.3 Å². The summed E-state index contributed by atoms with van der Waals surface area (Å²) in [5.74, 6) is 5.71. The van der Waals surface area contributed by atoms with E-state index in [9.17, 15) is 9.59 Å². The van der Waals surface area contributed by atoms with Crippen LogP contribution < -0.4 is 0 Å². The molecule has 2 heterocycles. The van der Waals surface area contributed by atoms with Gasteiger partial charge in [-0.05, 0) is 37.8 Å². The molecule has 2 atom stereocenters. The molecule has 0 radical (unpaired) electrons. The standard InChI is InChI=1S/C20H30N2O4SSi/c1-7-25-19(24)14-13-27-16(21-14)9-8-12-22-15(10-11-17(22)23)18(20(2,3)4)26-28(5)6/h13,15,18,28H,7,10-12H2,1-6H3. The number of rotatable bonds is 6. The summed E-state index contributed by atoms with van der Waals surface area (Å²) in [6, 6.07) is 0.0445. The van der Waals surface area contributed by atoms with E-state index in [0.29, 0.717) is 24.6 Å². The third kappa shape index (κ3) is 5.90. The number of carbonyl (C=O) groups is 2. The first-order valence-electron chi connectivity index (χ1n) is 9.70. The Morgan fingerprint density at radius 1 is 1.46 bits per heavy atom. The first kappa shape index (κ1) is 22.6. The first-order chi connectivity index (χ1) is 13.1. The molecule has 0 aromatic carbocycles. The lowest BCUT2D eigenvalue weighted by atomic mass is 9.84. The summed E-state index contributed by atoms with van der Waals surface area (Å²) in [6.45, 7) is 13.2. The van der Waals surface area contributed by atoms with Gasteiger partial charge in [-0.1, -0.05) is 26.7 Å². The molecule has 0 spiro atoms. The van der Waals surface area contributed by atoms with E-state index in [1.807, 2.05) is 4.90 Å². The van der Waals surface area contributed by atoms with Crippen molar-refractivity contribution in [2.45, 2.75) is 65.8 Å². The predicted molar refractivity (Wildman–Crippen MR) is 113 cm³/mol. The fourth-order valence-corrected chi connectivity index (χ4v) is 5.10. The van der Waals surface area contributed by atoms with Crippen LogP contribution in [0.3, 0.4) is 0 Å². The zero-order chi connectivity index (χ0) is 20.9. The van der Waals surface area contributed by atoms with Crippen molar-refractivity contribution in [3.8, 4) is 11.8 Å². The lowest BCUT2D eigenvalue weighted by molar-refractivity contribution is -0.130. The number of thiazole rings is 1. The van der Waals surface area contributed by atoms with E-state index in [1.54, 1.807) is 12.3 Å². The van der Waals surface area contributed by atoms with Gasteiger partial charge in [0.2, 0.25) is 5.91 Å². The van der Waals surface area contributed by atoms with E-state index in [0.717, 1.165) is 6.42 Å². The molecular formula is C20H30N2O4SSi. The van der Waals surface area contributed by atoms with Gasteiger partial charge in [-0.15, -0.1) is 11.3 Å². The van der Waals surface area contributed by atoms with Crippen LogP contribution >= 0.6 is 11.3 Å². The molecule has 0 bridgehead atoms. The van der Waals surface area contributed by atoms with E-state index >= 15 is 0 Å². The highest BCUT2D eigenvalue weighted by Crippen LogP contribution is 2.33. The van der Waals surface area contributed by atoms with Crippen LogP contribution in [0, 0.1) is 17.3 Å². The van der Waals surface area contributed by atoms with Gasteiger partial charge in [-0.2, -0.15) is 0 Å². The minimum absolute atomic E-state index is 0.00250. The van der Waals surface area contributed by atoms with Gasteiger partial charge in [0.15, 0.2) is 19.7 Å². The second kappa shape index (κ2) is 9.68. The van der Waals surface area contributed by atoms with Crippen LogP contribution in [0.1, 0.15) is 56.0 Å². The molecule has 0 saturated carbocycles. The zero-order valence-electron chi connectivity index (χ0n) is 17.6. The summed E-state index contributed by atoms with van der Waals surface area (Å²) in [5.41, 5.74) is 0.219. The molecule has 1 fully saturated rings. The second-order valence-corrected chi connectivity index (χ2v) is 11.4. The molecule has 1 amide bonds. The molecule has 8 heteroatoms. The van der Waals surface area contributed by atoms with Crippen molar-refractivity contribution >= 4 is 32.3 Å². The van der Waals surface area contributed by atoms with Gasteiger partial charge in [0.1, 0.15) is 0 Å².